The molecular weight excluding hydrogens is 579 g/mol. The van der Waals surface area contributed by atoms with Crippen molar-refractivity contribution in [2.45, 2.75) is 69.2 Å². The first-order valence-electron chi connectivity index (χ1n) is 14.7. The van der Waals surface area contributed by atoms with E-state index in [-0.39, 0.29) is 24.9 Å². The molecule has 0 unspecified atom stereocenters. The first-order chi connectivity index (χ1) is 21.1. The molecule has 0 bridgehead atoms. The van der Waals surface area contributed by atoms with Crippen LogP contribution in [0.2, 0.25) is 0 Å². The van der Waals surface area contributed by atoms with Crippen LogP contribution in [0.5, 0.6) is 5.75 Å². The van der Waals surface area contributed by atoms with E-state index in [1.165, 1.54) is 0 Å². The summed E-state index contributed by atoms with van der Waals surface area (Å²) in [6.45, 7) is 1.87. The zero-order valence-corrected chi connectivity index (χ0v) is 23.9. The van der Waals surface area contributed by atoms with Crippen LogP contribution in [0.15, 0.2) is 42.9 Å². The van der Waals surface area contributed by atoms with Crippen LogP contribution in [0.1, 0.15) is 66.6 Å². The fraction of sp³-hybridized carbons (Fsp3) is 0.467. The van der Waals surface area contributed by atoms with E-state index in [4.69, 9.17) is 4.74 Å². The average molecular weight is 612 g/mol. The lowest BCUT2D eigenvalue weighted by atomic mass is 9.81. The number of aliphatic carboxylic acids is 1. The van der Waals surface area contributed by atoms with Crippen LogP contribution in [0.3, 0.4) is 0 Å². The van der Waals surface area contributed by atoms with Gasteiger partial charge in [0.25, 0.3) is 5.91 Å². The highest BCUT2D eigenvalue weighted by Gasteiger charge is 2.44. The standard InChI is InChI=1S/C30H32F3N7O4/c31-30(32,33)24-22(25(41)38-29(26(42)43)10-2-1-3-11-29)18-36-28(37-24)40-16-7-19-17-21(5-6-23(19)40)44-20-8-14-39(15-9-20)27-34-12-4-13-35-27/h4-6,12-13,17-18,20H,1-3,7-11,14-16H2,(H,38,41)(H,42,43). The third-order valence-electron chi connectivity index (χ3n) is 8.53. The van der Waals surface area contributed by atoms with Crippen molar-refractivity contribution in [3.05, 3.63) is 59.7 Å². The van der Waals surface area contributed by atoms with Crippen molar-refractivity contribution in [3.63, 3.8) is 0 Å². The molecule has 2 aliphatic heterocycles. The molecule has 1 amide bonds. The number of ether oxygens (including phenoxy) is 1. The minimum Gasteiger partial charge on any atom is -0.490 e. The van der Waals surface area contributed by atoms with E-state index in [9.17, 15) is 27.9 Å². The average Bonchev–Trinajstić information content (AvgIpc) is 3.45. The molecule has 1 saturated carbocycles. The Morgan fingerprint density at radius 3 is 2.41 bits per heavy atom. The number of piperidine rings is 1. The maximum absolute atomic E-state index is 14.2. The van der Waals surface area contributed by atoms with Crippen LogP contribution in [0.4, 0.5) is 30.8 Å². The molecule has 11 nitrogen and oxygen atoms in total. The Kier molecular flexibility index (Phi) is 7.99. The normalized spacial score (nSPS) is 18.5. The molecule has 4 heterocycles. The number of anilines is 3. The zero-order chi connectivity index (χ0) is 30.9. The number of hydrogen-bond acceptors (Lipinski definition) is 9. The van der Waals surface area contributed by atoms with E-state index >= 15 is 0 Å². The number of carbonyl (C=O) groups excluding carboxylic acids is 1. The monoisotopic (exact) mass is 611 g/mol. The number of fused-ring (bicyclic) bond motifs is 1. The van der Waals surface area contributed by atoms with Gasteiger partial charge in [-0.15, -0.1) is 0 Å². The summed E-state index contributed by atoms with van der Waals surface area (Å²) >= 11 is 0. The lowest BCUT2D eigenvalue weighted by molar-refractivity contribution is -0.145. The molecule has 1 aromatic carbocycles. The molecule has 14 heteroatoms. The second kappa shape index (κ2) is 11.9. The van der Waals surface area contributed by atoms with Crippen LogP contribution in [0, 0.1) is 0 Å². The van der Waals surface area contributed by atoms with Crippen molar-refractivity contribution in [1.82, 2.24) is 25.3 Å². The van der Waals surface area contributed by atoms with Crippen molar-refractivity contribution < 1.29 is 32.6 Å². The molecule has 0 radical (unpaired) electrons. The van der Waals surface area contributed by atoms with E-state index < -0.39 is 34.8 Å². The number of carbonyl (C=O) groups is 2. The topological polar surface area (TPSA) is 134 Å². The van der Waals surface area contributed by atoms with Gasteiger partial charge in [0.1, 0.15) is 17.4 Å². The number of nitrogens with zero attached hydrogens (tertiary/aromatic N) is 6. The molecule has 1 saturated heterocycles. The maximum Gasteiger partial charge on any atom is 0.434 e. The van der Waals surface area contributed by atoms with E-state index in [1.807, 2.05) is 6.07 Å². The quantitative estimate of drug-likeness (QED) is 0.392. The lowest BCUT2D eigenvalue weighted by Gasteiger charge is -2.34. The van der Waals surface area contributed by atoms with Crippen LogP contribution >= 0.6 is 0 Å². The van der Waals surface area contributed by atoms with E-state index in [0.717, 1.165) is 44.1 Å². The van der Waals surface area contributed by atoms with Gasteiger partial charge in [-0.05, 0) is 49.1 Å². The number of carboxylic acid groups (broad SMARTS) is 1. The molecule has 2 fully saturated rings. The largest absolute Gasteiger partial charge is 0.490 e. The number of halogens is 3. The van der Waals surface area contributed by atoms with Crippen LogP contribution in [-0.4, -0.2) is 68.2 Å². The first kappa shape index (κ1) is 29.6. The number of rotatable bonds is 7. The summed E-state index contributed by atoms with van der Waals surface area (Å²) in [4.78, 5) is 45.2. The van der Waals surface area contributed by atoms with Gasteiger partial charge in [-0.2, -0.15) is 13.2 Å². The van der Waals surface area contributed by atoms with Gasteiger partial charge in [0.05, 0.1) is 5.56 Å². The molecule has 0 spiro atoms. The Labute approximate surface area is 251 Å². The van der Waals surface area contributed by atoms with Gasteiger partial charge in [-0.3, -0.25) is 4.79 Å². The summed E-state index contributed by atoms with van der Waals surface area (Å²) in [6.07, 6.45) is 3.64. The van der Waals surface area contributed by atoms with Crippen molar-refractivity contribution in [2.24, 2.45) is 0 Å². The van der Waals surface area contributed by atoms with Crippen LogP contribution in [0.25, 0.3) is 0 Å². The fourth-order valence-electron chi connectivity index (χ4n) is 6.20. The van der Waals surface area contributed by atoms with E-state index in [2.05, 4.69) is 30.2 Å². The van der Waals surface area contributed by atoms with Crippen molar-refractivity contribution in [1.29, 1.82) is 0 Å². The van der Waals surface area contributed by atoms with Gasteiger partial charge in [0, 0.05) is 56.8 Å². The molecule has 232 valence electrons. The van der Waals surface area contributed by atoms with Gasteiger partial charge < -0.3 is 25.0 Å². The summed E-state index contributed by atoms with van der Waals surface area (Å²) in [5.41, 5.74) is -2.28. The van der Waals surface area contributed by atoms with Crippen LogP contribution in [-0.2, 0) is 17.4 Å². The third kappa shape index (κ3) is 5.97. The molecule has 44 heavy (non-hydrogen) atoms. The van der Waals surface area contributed by atoms with Crippen molar-refractivity contribution >= 4 is 29.5 Å². The molecular formula is C30H32F3N7O4. The zero-order valence-electron chi connectivity index (χ0n) is 23.9. The summed E-state index contributed by atoms with van der Waals surface area (Å²) in [5.74, 6) is -1.23. The molecule has 1 aliphatic carbocycles. The van der Waals surface area contributed by atoms with Gasteiger partial charge >= 0.3 is 12.1 Å². The Morgan fingerprint density at radius 2 is 1.73 bits per heavy atom. The number of benzene rings is 1. The molecule has 2 N–H and O–H groups in total. The summed E-state index contributed by atoms with van der Waals surface area (Å²) in [5, 5.41) is 12.1. The number of aromatic nitrogens is 4. The smallest absolute Gasteiger partial charge is 0.434 e. The summed E-state index contributed by atoms with van der Waals surface area (Å²) < 4.78 is 48.8. The minimum atomic E-state index is -4.96. The molecule has 6 rings (SSSR count). The number of hydrogen-bond donors (Lipinski definition) is 2. The number of amides is 1. The second-order valence-electron chi connectivity index (χ2n) is 11.4. The number of carboxylic acids is 1. The lowest BCUT2D eigenvalue weighted by Crippen LogP contribution is -2.55. The van der Waals surface area contributed by atoms with E-state index in [0.29, 0.717) is 43.2 Å². The van der Waals surface area contributed by atoms with Gasteiger partial charge in [-0.25, -0.2) is 24.7 Å². The molecule has 3 aromatic rings. The molecule has 0 atom stereocenters. The highest BCUT2D eigenvalue weighted by Crippen LogP contribution is 2.38. The fourth-order valence-corrected chi connectivity index (χ4v) is 6.20. The number of nitrogens with one attached hydrogen (secondary N) is 1. The first-order valence-corrected chi connectivity index (χ1v) is 14.7. The number of alkyl halides is 3. The van der Waals surface area contributed by atoms with Crippen LogP contribution < -0.4 is 19.9 Å². The predicted molar refractivity (Wildman–Crippen MR) is 153 cm³/mol. The SMILES string of the molecule is O=C(NC1(C(=O)O)CCCCC1)c1cnc(N2CCc3cc(OC4CCN(c5ncccn5)CC4)ccc32)nc1C(F)(F)F. The van der Waals surface area contributed by atoms with Gasteiger partial charge in [0.2, 0.25) is 11.9 Å². The summed E-state index contributed by atoms with van der Waals surface area (Å²) in [6, 6.07) is 7.23. The Hall–Kier alpha value is -4.49. The summed E-state index contributed by atoms with van der Waals surface area (Å²) in [7, 11) is 0. The maximum atomic E-state index is 14.2. The third-order valence-corrected chi connectivity index (χ3v) is 8.53. The molecule has 3 aliphatic rings. The molecule has 2 aromatic heterocycles. The van der Waals surface area contributed by atoms with Crippen molar-refractivity contribution in [2.75, 3.05) is 29.4 Å². The van der Waals surface area contributed by atoms with Gasteiger partial charge in [0.15, 0.2) is 5.69 Å². The highest BCUT2D eigenvalue weighted by atomic mass is 19.4. The Morgan fingerprint density at radius 1 is 1.00 bits per heavy atom. The van der Waals surface area contributed by atoms with Crippen molar-refractivity contribution in [3.8, 4) is 5.75 Å². The van der Waals surface area contributed by atoms with Gasteiger partial charge in [-0.1, -0.05) is 19.3 Å². The predicted octanol–water partition coefficient (Wildman–Crippen LogP) is 4.54. The Bertz CT molecular complexity index is 1520. The highest BCUT2D eigenvalue weighted by molar-refractivity contribution is 5.98. The van der Waals surface area contributed by atoms with E-state index in [1.54, 1.807) is 35.5 Å². The Balaban J connectivity index is 1.16. The second-order valence-corrected chi connectivity index (χ2v) is 11.4. The minimum absolute atomic E-state index is 0.00996.